The average molecular weight is 378 g/mol. The summed E-state index contributed by atoms with van der Waals surface area (Å²) in [5.74, 6) is 0. The fourth-order valence-corrected chi connectivity index (χ4v) is 3.40. The summed E-state index contributed by atoms with van der Waals surface area (Å²) in [4.78, 5) is 13.5. The number of alkyl halides is 3. The molecule has 112 valence electrons. The van der Waals surface area contributed by atoms with E-state index in [-0.39, 0.29) is 11.8 Å². The lowest BCUT2D eigenvalue weighted by Crippen LogP contribution is -2.17. The summed E-state index contributed by atoms with van der Waals surface area (Å²) in [5.41, 5.74) is -0.842. The lowest BCUT2D eigenvalue weighted by Gasteiger charge is -2.20. The molecule has 0 amide bonds. The molecule has 0 aliphatic rings. The normalized spacial score (nSPS) is 11.5. The summed E-state index contributed by atoms with van der Waals surface area (Å²) in [5, 5.41) is 1.92. The summed E-state index contributed by atoms with van der Waals surface area (Å²) in [6.07, 6.45) is -4.32. The van der Waals surface area contributed by atoms with E-state index in [2.05, 4.69) is 15.9 Å². The van der Waals surface area contributed by atoms with Crippen LogP contribution < -0.4 is 4.90 Å². The van der Waals surface area contributed by atoms with E-state index in [4.69, 9.17) is 0 Å². The number of hydrogen-bond donors (Lipinski definition) is 0. The molecule has 1 aromatic heterocycles. The number of rotatable bonds is 4. The van der Waals surface area contributed by atoms with Gasteiger partial charge in [0.25, 0.3) is 0 Å². The third-order valence-corrected chi connectivity index (χ3v) is 4.61. The first-order valence-corrected chi connectivity index (χ1v) is 7.59. The van der Waals surface area contributed by atoms with E-state index in [1.54, 1.807) is 11.9 Å². The Morgan fingerprint density at radius 1 is 1.33 bits per heavy atom. The zero-order chi connectivity index (χ0) is 15.6. The monoisotopic (exact) mass is 377 g/mol. The minimum atomic E-state index is -4.54. The smallest absolute Gasteiger partial charge is 0.369 e. The van der Waals surface area contributed by atoms with Crippen LogP contribution in [-0.4, -0.2) is 13.3 Å². The van der Waals surface area contributed by atoms with Gasteiger partial charge in [0, 0.05) is 33.0 Å². The molecule has 0 atom stereocenters. The van der Waals surface area contributed by atoms with Gasteiger partial charge >= 0.3 is 6.18 Å². The number of carbonyl (C=O) groups is 1. The molecule has 2 aromatic rings. The molecular weight excluding hydrogens is 367 g/mol. The number of nitrogens with zero attached hydrogens (tertiary/aromatic N) is 1. The Labute approximate surface area is 132 Å². The topological polar surface area (TPSA) is 20.3 Å². The lowest BCUT2D eigenvalue weighted by atomic mass is 10.1. The standard InChI is InChI=1S/C14H11BrF3NOS/c1-19(6-12-4-10(15)8-21-12)11-3-2-9(7-20)13(5-11)14(16,17)18/h2-5,7-8H,6H2,1H3. The van der Waals surface area contributed by atoms with E-state index >= 15 is 0 Å². The zero-order valence-corrected chi connectivity index (χ0v) is 13.3. The molecule has 0 saturated heterocycles. The Hall–Kier alpha value is -1.34. The van der Waals surface area contributed by atoms with Crippen molar-refractivity contribution in [1.82, 2.24) is 0 Å². The highest BCUT2D eigenvalue weighted by Gasteiger charge is 2.33. The van der Waals surface area contributed by atoms with E-state index in [9.17, 15) is 18.0 Å². The number of carbonyl (C=O) groups excluding carboxylic acids is 1. The fraction of sp³-hybridized carbons (Fsp3) is 0.214. The Morgan fingerprint density at radius 3 is 2.57 bits per heavy atom. The maximum Gasteiger partial charge on any atom is 0.417 e. The second-order valence-electron chi connectivity index (χ2n) is 4.47. The SMILES string of the molecule is CN(Cc1cc(Br)cs1)c1ccc(C=O)c(C(F)(F)F)c1. The van der Waals surface area contributed by atoms with Crippen LogP contribution in [0.4, 0.5) is 18.9 Å². The minimum absolute atomic E-state index is 0.225. The molecule has 1 heterocycles. The second-order valence-corrected chi connectivity index (χ2v) is 6.39. The zero-order valence-electron chi connectivity index (χ0n) is 10.9. The highest BCUT2D eigenvalue weighted by atomic mass is 79.9. The van der Waals surface area contributed by atoms with Gasteiger partial charge in [0.2, 0.25) is 0 Å². The number of aldehydes is 1. The molecule has 0 radical (unpaired) electrons. The van der Waals surface area contributed by atoms with Crippen molar-refractivity contribution in [1.29, 1.82) is 0 Å². The van der Waals surface area contributed by atoms with Gasteiger partial charge in [0.1, 0.15) is 0 Å². The maximum atomic E-state index is 12.9. The Kier molecular flexibility index (Phi) is 4.73. The van der Waals surface area contributed by atoms with Crippen molar-refractivity contribution in [3.05, 3.63) is 50.1 Å². The first kappa shape index (κ1) is 16.0. The van der Waals surface area contributed by atoms with Crippen molar-refractivity contribution in [2.75, 3.05) is 11.9 Å². The van der Waals surface area contributed by atoms with E-state index in [1.807, 2.05) is 11.4 Å². The summed E-state index contributed by atoms with van der Waals surface area (Å²) in [6, 6.07) is 5.64. The molecule has 2 nitrogen and oxygen atoms in total. The Bertz CT molecular complexity index is 654. The van der Waals surface area contributed by atoms with Gasteiger partial charge < -0.3 is 4.90 Å². The van der Waals surface area contributed by atoms with Gasteiger partial charge in [0.15, 0.2) is 6.29 Å². The van der Waals surface area contributed by atoms with Crippen molar-refractivity contribution < 1.29 is 18.0 Å². The molecule has 21 heavy (non-hydrogen) atoms. The van der Waals surface area contributed by atoms with Crippen LogP contribution in [0.3, 0.4) is 0 Å². The van der Waals surface area contributed by atoms with Crippen LogP contribution in [0.1, 0.15) is 20.8 Å². The molecule has 0 spiro atoms. The lowest BCUT2D eigenvalue weighted by molar-refractivity contribution is -0.137. The molecule has 7 heteroatoms. The highest BCUT2D eigenvalue weighted by molar-refractivity contribution is 9.10. The first-order valence-electron chi connectivity index (χ1n) is 5.91. The van der Waals surface area contributed by atoms with Gasteiger partial charge in [-0.25, -0.2) is 0 Å². The summed E-state index contributed by atoms with van der Waals surface area (Å²) < 4.78 is 39.7. The molecular formula is C14H11BrF3NOS. The molecule has 1 aromatic carbocycles. The van der Waals surface area contributed by atoms with E-state index in [0.29, 0.717) is 12.2 Å². The fourth-order valence-electron chi connectivity index (χ4n) is 1.89. The first-order chi connectivity index (χ1) is 9.81. The quantitative estimate of drug-likeness (QED) is 0.700. The molecule has 0 saturated carbocycles. The summed E-state index contributed by atoms with van der Waals surface area (Å²) >= 11 is 4.86. The maximum absolute atomic E-state index is 12.9. The van der Waals surface area contributed by atoms with Crippen molar-refractivity contribution in [2.45, 2.75) is 12.7 Å². The number of anilines is 1. The number of hydrogen-bond acceptors (Lipinski definition) is 3. The largest absolute Gasteiger partial charge is 0.417 e. The summed E-state index contributed by atoms with van der Waals surface area (Å²) in [6.45, 7) is 0.494. The van der Waals surface area contributed by atoms with Gasteiger partial charge in [0.05, 0.1) is 12.1 Å². The van der Waals surface area contributed by atoms with E-state index < -0.39 is 11.7 Å². The highest BCUT2D eigenvalue weighted by Crippen LogP contribution is 2.34. The van der Waals surface area contributed by atoms with Crippen molar-refractivity contribution in [2.24, 2.45) is 0 Å². The van der Waals surface area contributed by atoms with Crippen molar-refractivity contribution in [3.8, 4) is 0 Å². The Balaban J connectivity index is 2.29. The predicted molar refractivity (Wildman–Crippen MR) is 81.0 cm³/mol. The van der Waals surface area contributed by atoms with E-state index in [0.717, 1.165) is 15.4 Å². The molecule has 0 aliphatic carbocycles. The third-order valence-electron chi connectivity index (χ3n) is 2.92. The van der Waals surface area contributed by atoms with E-state index in [1.165, 1.54) is 23.5 Å². The van der Waals surface area contributed by atoms with Crippen LogP contribution in [0.2, 0.25) is 0 Å². The van der Waals surface area contributed by atoms with Crippen LogP contribution in [0, 0.1) is 0 Å². The molecule has 2 rings (SSSR count). The van der Waals surface area contributed by atoms with Crippen molar-refractivity contribution >= 4 is 39.2 Å². The predicted octanol–water partition coefficient (Wildman–Crippen LogP) is 4.98. The number of benzene rings is 1. The van der Waals surface area contributed by atoms with Gasteiger partial charge in [-0.15, -0.1) is 11.3 Å². The third kappa shape index (κ3) is 3.85. The molecule has 0 bridgehead atoms. The molecule has 0 fully saturated rings. The summed E-state index contributed by atoms with van der Waals surface area (Å²) in [7, 11) is 1.71. The number of thiophene rings is 1. The van der Waals surface area contributed by atoms with Gasteiger partial charge in [-0.2, -0.15) is 13.2 Å². The van der Waals surface area contributed by atoms with Crippen LogP contribution in [-0.2, 0) is 12.7 Å². The van der Waals surface area contributed by atoms with Crippen LogP contribution in [0.25, 0.3) is 0 Å². The molecule has 0 unspecified atom stereocenters. The van der Waals surface area contributed by atoms with Crippen LogP contribution >= 0.6 is 27.3 Å². The van der Waals surface area contributed by atoms with Crippen molar-refractivity contribution in [3.63, 3.8) is 0 Å². The average Bonchev–Trinajstić information content (AvgIpc) is 2.82. The number of halogens is 4. The minimum Gasteiger partial charge on any atom is -0.369 e. The van der Waals surface area contributed by atoms with Crippen LogP contribution in [0.15, 0.2) is 34.1 Å². The van der Waals surface area contributed by atoms with Gasteiger partial charge in [-0.3, -0.25) is 4.79 Å². The molecule has 0 N–H and O–H groups in total. The second kappa shape index (κ2) is 6.19. The van der Waals surface area contributed by atoms with Gasteiger partial charge in [-0.1, -0.05) is 0 Å². The van der Waals surface area contributed by atoms with Gasteiger partial charge in [-0.05, 0) is 40.2 Å². The van der Waals surface area contributed by atoms with Crippen LogP contribution in [0.5, 0.6) is 0 Å². The molecule has 0 aliphatic heterocycles. The Morgan fingerprint density at radius 2 is 2.05 bits per heavy atom.